The number of nitrogens with two attached hydrogens (primary N) is 1. The molecule has 0 aromatic carbocycles. The molecule has 0 fully saturated rings. The number of rotatable bonds is 9. The predicted molar refractivity (Wildman–Crippen MR) is 66.8 cm³/mol. The van der Waals surface area contributed by atoms with Crippen LogP contribution in [0.4, 0.5) is 0 Å². The van der Waals surface area contributed by atoms with Crippen molar-refractivity contribution in [1.29, 1.82) is 0 Å². The molecule has 1 aromatic rings. The van der Waals surface area contributed by atoms with Crippen molar-refractivity contribution in [3.63, 3.8) is 0 Å². The Kier molecular flexibility index (Phi) is 6.84. The van der Waals surface area contributed by atoms with Crippen LogP contribution in [0.3, 0.4) is 0 Å². The molecule has 17 heavy (non-hydrogen) atoms. The van der Waals surface area contributed by atoms with Crippen molar-refractivity contribution < 1.29 is 9.47 Å². The number of aryl methyl sites for hydroxylation is 1. The van der Waals surface area contributed by atoms with E-state index in [1.165, 1.54) is 0 Å². The van der Waals surface area contributed by atoms with Gasteiger partial charge in [0.05, 0.1) is 19.3 Å². The van der Waals surface area contributed by atoms with Crippen LogP contribution in [-0.4, -0.2) is 36.5 Å². The third-order valence-corrected chi connectivity index (χ3v) is 2.55. The van der Waals surface area contributed by atoms with E-state index in [0.29, 0.717) is 19.8 Å². The number of methoxy groups -OCH3 is 1. The van der Waals surface area contributed by atoms with Gasteiger partial charge < -0.3 is 19.8 Å². The lowest BCUT2D eigenvalue weighted by atomic mass is 10.2. The van der Waals surface area contributed by atoms with Gasteiger partial charge >= 0.3 is 0 Å². The molecule has 1 atom stereocenters. The lowest BCUT2D eigenvalue weighted by Gasteiger charge is -2.13. The van der Waals surface area contributed by atoms with E-state index < -0.39 is 0 Å². The molecule has 1 unspecified atom stereocenters. The Morgan fingerprint density at radius 2 is 2.24 bits per heavy atom. The molecule has 2 N–H and O–H groups in total. The first-order valence-electron chi connectivity index (χ1n) is 6.12. The highest BCUT2D eigenvalue weighted by atomic mass is 16.5. The van der Waals surface area contributed by atoms with E-state index in [9.17, 15) is 0 Å². The molecule has 5 heteroatoms. The van der Waals surface area contributed by atoms with E-state index in [-0.39, 0.29) is 6.04 Å². The number of imidazole rings is 1. The molecule has 0 aliphatic carbocycles. The van der Waals surface area contributed by atoms with Crippen molar-refractivity contribution >= 4 is 0 Å². The lowest BCUT2D eigenvalue weighted by Crippen LogP contribution is -2.19. The fourth-order valence-corrected chi connectivity index (χ4v) is 1.66. The molecule has 1 heterocycles. The maximum atomic E-state index is 6.09. The molecule has 0 amide bonds. The Morgan fingerprint density at radius 1 is 1.41 bits per heavy atom. The average molecular weight is 241 g/mol. The van der Waals surface area contributed by atoms with Crippen molar-refractivity contribution in [3.05, 3.63) is 18.2 Å². The quantitative estimate of drug-likeness (QED) is 0.663. The van der Waals surface area contributed by atoms with Gasteiger partial charge in [0.1, 0.15) is 5.82 Å². The number of hydrogen-bond acceptors (Lipinski definition) is 4. The SMILES string of the molecule is CCCn1ccnc1C(N)CCOCCOC. The van der Waals surface area contributed by atoms with Crippen LogP contribution in [0.2, 0.25) is 0 Å². The largest absolute Gasteiger partial charge is 0.382 e. The van der Waals surface area contributed by atoms with Crippen LogP contribution in [0, 0.1) is 0 Å². The van der Waals surface area contributed by atoms with E-state index >= 15 is 0 Å². The minimum atomic E-state index is -0.0564. The van der Waals surface area contributed by atoms with Crippen LogP contribution in [-0.2, 0) is 16.0 Å². The van der Waals surface area contributed by atoms with Crippen molar-refractivity contribution in [1.82, 2.24) is 9.55 Å². The van der Waals surface area contributed by atoms with Gasteiger partial charge in [-0.15, -0.1) is 0 Å². The first-order chi connectivity index (χ1) is 8.29. The second-order valence-corrected chi connectivity index (χ2v) is 3.98. The van der Waals surface area contributed by atoms with Crippen LogP contribution in [0.5, 0.6) is 0 Å². The summed E-state index contributed by atoms with van der Waals surface area (Å²) in [6, 6.07) is -0.0564. The minimum Gasteiger partial charge on any atom is -0.382 e. The Bertz CT molecular complexity index is 302. The van der Waals surface area contributed by atoms with E-state index in [1.54, 1.807) is 13.3 Å². The van der Waals surface area contributed by atoms with Crippen molar-refractivity contribution in [3.8, 4) is 0 Å². The summed E-state index contributed by atoms with van der Waals surface area (Å²) in [5.41, 5.74) is 6.09. The summed E-state index contributed by atoms with van der Waals surface area (Å²) in [5.74, 6) is 0.946. The number of ether oxygens (including phenoxy) is 2. The predicted octanol–water partition coefficient (Wildman–Crippen LogP) is 1.35. The zero-order valence-electron chi connectivity index (χ0n) is 10.8. The van der Waals surface area contributed by atoms with Crippen LogP contribution in [0.1, 0.15) is 31.6 Å². The number of hydrogen-bond donors (Lipinski definition) is 1. The third kappa shape index (κ3) is 4.85. The Hall–Kier alpha value is -0.910. The van der Waals surface area contributed by atoms with E-state index in [2.05, 4.69) is 16.5 Å². The van der Waals surface area contributed by atoms with Gasteiger partial charge in [0.15, 0.2) is 0 Å². The topological polar surface area (TPSA) is 62.3 Å². The van der Waals surface area contributed by atoms with Crippen LogP contribution < -0.4 is 5.73 Å². The van der Waals surface area contributed by atoms with Gasteiger partial charge in [-0.2, -0.15) is 0 Å². The molecule has 5 nitrogen and oxygen atoms in total. The molecule has 0 aliphatic heterocycles. The van der Waals surface area contributed by atoms with Gasteiger partial charge in [-0.25, -0.2) is 4.98 Å². The second-order valence-electron chi connectivity index (χ2n) is 3.98. The molecule has 0 saturated heterocycles. The molecule has 1 rings (SSSR count). The van der Waals surface area contributed by atoms with Gasteiger partial charge in [-0.1, -0.05) is 6.92 Å². The monoisotopic (exact) mass is 241 g/mol. The van der Waals surface area contributed by atoms with Crippen LogP contribution >= 0.6 is 0 Å². The second kappa shape index (κ2) is 8.22. The Labute approximate surface area is 103 Å². The maximum Gasteiger partial charge on any atom is 0.125 e. The summed E-state index contributed by atoms with van der Waals surface area (Å²) in [6.45, 7) is 4.99. The van der Waals surface area contributed by atoms with Gasteiger partial charge in [0.25, 0.3) is 0 Å². The van der Waals surface area contributed by atoms with E-state index in [1.807, 2.05) is 6.20 Å². The fourth-order valence-electron chi connectivity index (χ4n) is 1.66. The first-order valence-corrected chi connectivity index (χ1v) is 6.12. The van der Waals surface area contributed by atoms with Crippen molar-refractivity contribution in [2.45, 2.75) is 32.4 Å². The van der Waals surface area contributed by atoms with Crippen molar-refractivity contribution in [2.24, 2.45) is 5.73 Å². The summed E-state index contributed by atoms with van der Waals surface area (Å²) in [5, 5.41) is 0. The highest BCUT2D eigenvalue weighted by molar-refractivity contribution is 4.98. The summed E-state index contributed by atoms with van der Waals surface area (Å²) in [4.78, 5) is 4.31. The molecular formula is C12H23N3O2. The summed E-state index contributed by atoms with van der Waals surface area (Å²) < 4.78 is 12.4. The summed E-state index contributed by atoms with van der Waals surface area (Å²) in [7, 11) is 1.66. The molecule has 0 aliphatic rings. The van der Waals surface area contributed by atoms with Gasteiger partial charge in [0, 0.05) is 32.7 Å². The Balaban J connectivity index is 2.30. The summed E-state index contributed by atoms with van der Waals surface area (Å²) >= 11 is 0. The standard InChI is InChI=1S/C12H23N3O2/c1-3-6-15-7-5-14-12(15)11(13)4-8-17-10-9-16-2/h5,7,11H,3-4,6,8-10,13H2,1-2H3. The molecule has 0 saturated carbocycles. The Morgan fingerprint density at radius 3 is 2.94 bits per heavy atom. The zero-order valence-corrected chi connectivity index (χ0v) is 10.8. The molecule has 98 valence electrons. The minimum absolute atomic E-state index is 0.0564. The van der Waals surface area contributed by atoms with Gasteiger partial charge in [0.2, 0.25) is 0 Å². The molecule has 0 spiro atoms. The average Bonchev–Trinajstić information content (AvgIpc) is 2.77. The normalized spacial score (nSPS) is 12.9. The third-order valence-electron chi connectivity index (χ3n) is 2.55. The van der Waals surface area contributed by atoms with Gasteiger partial charge in [-0.05, 0) is 12.8 Å². The first kappa shape index (κ1) is 14.2. The fraction of sp³-hybridized carbons (Fsp3) is 0.750. The van der Waals surface area contributed by atoms with Crippen molar-refractivity contribution in [2.75, 3.05) is 26.9 Å². The smallest absolute Gasteiger partial charge is 0.125 e. The summed E-state index contributed by atoms with van der Waals surface area (Å²) in [6.07, 6.45) is 5.64. The van der Waals surface area contributed by atoms with E-state index in [0.717, 1.165) is 25.2 Å². The lowest BCUT2D eigenvalue weighted by molar-refractivity contribution is 0.0668. The highest BCUT2D eigenvalue weighted by Gasteiger charge is 2.11. The molecular weight excluding hydrogens is 218 g/mol. The van der Waals surface area contributed by atoms with Gasteiger partial charge in [-0.3, -0.25) is 0 Å². The van der Waals surface area contributed by atoms with E-state index in [4.69, 9.17) is 15.2 Å². The number of nitrogens with zero attached hydrogens (tertiary/aromatic N) is 2. The number of aromatic nitrogens is 2. The maximum absolute atomic E-state index is 6.09. The van der Waals surface area contributed by atoms with Crippen LogP contribution in [0.25, 0.3) is 0 Å². The zero-order chi connectivity index (χ0) is 12.5. The van der Waals surface area contributed by atoms with Crippen LogP contribution in [0.15, 0.2) is 12.4 Å². The molecule has 0 bridgehead atoms. The highest BCUT2D eigenvalue weighted by Crippen LogP contribution is 2.12. The molecule has 0 radical (unpaired) electrons. The molecule has 1 aromatic heterocycles.